The fraction of sp³-hybridized carbons (Fsp3) is 0.500. The van der Waals surface area contributed by atoms with Gasteiger partial charge < -0.3 is 9.88 Å². The summed E-state index contributed by atoms with van der Waals surface area (Å²) >= 11 is 1.93. The van der Waals surface area contributed by atoms with Gasteiger partial charge in [-0.15, -0.1) is 0 Å². The molecular formula is C16H22N2S. The van der Waals surface area contributed by atoms with Gasteiger partial charge in [0.1, 0.15) is 0 Å². The van der Waals surface area contributed by atoms with Crippen molar-refractivity contribution in [1.29, 1.82) is 0 Å². The molecule has 19 heavy (non-hydrogen) atoms. The molecule has 1 aliphatic rings. The number of benzene rings is 1. The van der Waals surface area contributed by atoms with Gasteiger partial charge in [0, 0.05) is 25.3 Å². The van der Waals surface area contributed by atoms with E-state index in [0.717, 1.165) is 19.1 Å². The minimum absolute atomic E-state index is 0.773. The van der Waals surface area contributed by atoms with Crippen molar-refractivity contribution in [2.75, 3.05) is 12.0 Å². The Morgan fingerprint density at radius 1 is 1.32 bits per heavy atom. The third-order valence-electron chi connectivity index (χ3n) is 3.78. The minimum Gasteiger partial charge on any atom is -0.347 e. The van der Waals surface area contributed by atoms with Crippen LogP contribution in [0.2, 0.25) is 0 Å². The summed E-state index contributed by atoms with van der Waals surface area (Å²) in [4.78, 5) is 0. The molecule has 1 heterocycles. The summed E-state index contributed by atoms with van der Waals surface area (Å²) in [5, 5.41) is 5.01. The number of para-hydroxylation sites is 1. The van der Waals surface area contributed by atoms with Gasteiger partial charge in [0.2, 0.25) is 0 Å². The Balaban J connectivity index is 1.80. The van der Waals surface area contributed by atoms with Crippen molar-refractivity contribution < 1.29 is 0 Å². The monoisotopic (exact) mass is 274 g/mol. The third kappa shape index (κ3) is 3.15. The maximum Gasteiger partial charge on any atom is 0.0525 e. The van der Waals surface area contributed by atoms with Crippen molar-refractivity contribution in [3.05, 3.63) is 36.0 Å². The van der Waals surface area contributed by atoms with Crippen molar-refractivity contribution in [2.45, 2.75) is 38.4 Å². The van der Waals surface area contributed by atoms with E-state index in [0.29, 0.717) is 0 Å². The maximum absolute atomic E-state index is 3.63. The smallest absolute Gasteiger partial charge is 0.0525 e. The first kappa shape index (κ1) is 13.1. The third-order valence-corrected chi connectivity index (χ3v) is 4.47. The van der Waals surface area contributed by atoms with Gasteiger partial charge in [-0.25, -0.2) is 0 Å². The fourth-order valence-corrected chi connectivity index (χ4v) is 3.01. The molecule has 2 aromatic rings. The van der Waals surface area contributed by atoms with Gasteiger partial charge in [0.15, 0.2) is 0 Å². The normalized spacial score (nSPS) is 15.2. The molecule has 1 aromatic carbocycles. The van der Waals surface area contributed by atoms with Crippen LogP contribution in [0.15, 0.2) is 30.5 Å². The van der Waals surface area contributed by atoms with Crippen LogP contribution in [-0.2, 0) is 13.1 Å². The number of fused-ring (bicyclic) bond motifs is 1. The number of hydrogen-bond acceptors (Lipinski definition) is 2. The second kappa shape index (κ2) is 6.02. The summed E-state index contributed by atoms with van der Waals surface area (Å²) in [6.45, 7) is 2.14. The second-order valence-electron chi connectivity index (χ2n) is 5.37. The average Bonchev–Trinajstić information content (AvgIpc) is 3.17. The van der Waals surface area contributed by atoms with E-state index >= 15 is 0 Å². The summed E-state index contributed by atoms with van der Waals surface area (Å²) in [6.07, 6.45) is 8.37. The first-order chi connectivity index (χ1) is 9.38. The molecule has 0 aliphatic heterocycles. The van der Waals surface area contributed by atoms with E-state index in [-0.39, 0.29) is 0 Å². The molecule has 3 heteroatoms. The largest absolute Gasteiger partial charge is 0.347 e. The van der Waals surface area contributed by atoms with E-state index < -0.39 is 0 Å². The van der Waals surface area contributed by atoms with E-state index in [2.05, 4.69) is 46.6 Å². The SMILES string of the molecule is CSCCCn1ccc2cccc(CNC3CC3)c21. The lowest BCUT2D eigenvalue weighted by Gasteiger charge is -2.10. The molecular weight excluding hydrogens is 252 g/mol. The van der Waals surface area contributed by atoms with Crippen molar-refractivity contribution >= 4 is 22.7 Å². The molecule has 1 aliphatic carbocycles. The maximum atomic E-state index is 3.63. The Kier molecular flexibility index (Phi) is 4.14. The summed E-state index contributed by atoms with van der Waals surface area (Å²) in [5.74, 6) is 1.24. The van der Waals surface area contributed by atoms with Crippen LogP contribution in [0, 0.1) is 0 Å². The van der Waals surface area contributed by atoms with Crippen LogP contribution in [0.3, 0.4) is 0 Å². The van der Waals surface area contributed by atoms with Gasteiger partial charge in [-0.3, -0.25) is 0 Å². The van der Waals surface area contributed by atoms with Crippen LogP contribution >= 0.6 is 11.8 Å². The molecule has 1 N–H and O–H groups in total. The topological polar surface area (TPSA) is 17.0 Å². The Labute approximate surface area is 119 Å². The molecule has 0 radical (unpaired) electrons. The van der Waals surface area contributed by atoms with Gasteiger partial charge in [-0.2, -0.15) is 11.8 Å². The van der Waals surface area contributed by atoms with Gasteiger partial charge in [0.05, 0.1) is 5.52 Å². The highest BCUT2D eigenvalue weighted by Gasteiger charge is 2.20. The quantitative estimate of drug-likeness (QED) is 0.776. The molecule has 102 valence electrons. The van der Waals surface area contributed by atoms with Crippen LogP contribution in [0.25, 0.3) is 10.9 Å². The predicted octanol–water partition coefficient (Wildman–Crippen LogP) is 3.65. The van der Waals surface area contributed by atoms with Crippen molar-refractivity contribution in [2.24, 2.45) is 0 Å². The number of nitrogens with one attached hydrogen (secondary N) is 1. The lowest BCUT2D eigenvalue weighted by atomic mass is 10.1. The standard InChI is InChI=1S/C16H22N2S/c1-19-11-3-9-18-10-8-13-4-2-5-14(16(13)18)12-17-15-6-7-15/h2,4-5,8,10,15,17H,3,6-7,9,11-12H2,1H3. The molecule has 1 aromatic heterocycles. The number of nitrogens with zero attached hydrogens (tertiary/aromatic N) is 1. The molecule has 1 saturated carbocycles. The van der Waals surface area contributed by atoms with Crippen LogP contribution in [-0.4, -0.2) is 22.6 Å². The molecule has 0 atom stereocenters. The molecule has 0 bridgehead atoms. The summed E-state index contributed by atoms with van der Waals surface area (Å²) in [7, 11) is 0. The molecule has 1 fully saturated rings. The number of aromatic nitrogens is 1. The zero-order valence-electron chi connectivity index (χ0n) is 11.6. The van der Waals surface area contributed by atoms with E-state index in [4.69, 9.17) is 0 Å². The second-order valence-corrected chi connectivity index (χ2v) is 6.35. The average molecular weight is 274 g/mol. The fourth-order valence-electron chi connectivity index (χ4n) is 2.59. The van der Waals surface area contributed by atoms with E-state index in [1.165, 1.54) is 41.5 Å². The van der Waals surface area contributed by atoms with E-state index in [9.17, 15) is 0 Å². The van der Waals surface area contributed by atoms with Gasteiger partial charge >= 0.3 is 0 Å². The van der Waals surface area contributed by atoms with Crippen molar-refractivity contribution in [3.8, 4) is 0 Å². The molecule has 0 amide bonds. The lowest BCUT2D eigenvalue weighted by molar-refractivity contribution is 0.676. The van der Waals surface area contributed by atoms with E-state index in [1.54, 1.807) is 0 Å². The molecule has 0 saturated heterocycles. The van der Waals surface area contributed by atoms with Gasteiger partial charge in [-0.1, -0.05) is 18.2 Å². The Hall–Kier alpha value is -0.930. The summed E-state index contributed by atoms with van der Waals surface area (Å²) < 4.78 is 2.43. The number of thioether (sulfide) groups is 1. The van der Waals surface area contributed by atoms with Gasteiger partial charge in [-0.05, 0) is 48.3 Å². The Morgan fingerprint density at radius 3 is 3.00 bits per heavy atom. The highest BCUT2D eigenvalue weighted by molar-refractivity contribution is 7.98. The van der Waals surface area contributed by atoms with Crippen LogP contribution < -0.4 is 5.32 Å². The molecule has 2 nitrogen and oxygen atoms in total. The highest BCUT2D eigenvalue weighted by atomic mass is 32.2. The molecule has 3 rings (SSSR count). The van der Waals surface area contributed by atoms with Gasteiger partial charge in [0.25, 0.3) is 0 Å². The van der Waals surface area contributed by atoms with Crippen LogP contribution in [0.4, 0.5) is 0 Å². The Bertz CT molecular complexity index is 543. The zero-order valence-corrected chi connectivity index (χ0v) is 12.4. The highest BCUT2D eigenvalue weighted by Crippen LogP contribution is 2.23. The molecule has 0 spiro atoms. The molecule has 0 unspecified atom stereocenters. The minimum atomic E-state index is 0.773. The summed E-state index contributed by atoms with van der Waals surface area (Å²) in [5.41, 5.74) is 2.87. The van der Waals surface area contributed by atoms with Crippen LogP contribution in [0.1, 0.15) is 24.8 Å². The Morgan fingerprint density at radius 2 is 2.21 bits per heavy atom. The first-order valence-corrected chi connectivity index (χ1v) is 8.57. The number of aryl methyl sites for hydroxylation is 1. The number of hydrogen-bond donors (Lipinski definition) is 1. The number of rotatable bonds is 7. The van der Waals surface area contributed by atoms with Crippen LogP contribution in [0.5, 0.6) is 0 Å². The summed E-state index contributed by atoms with van der Waals surface area (Å²) in [6, 6.07) is 9.69. The first-order valence-electron chi connectivity index (χ1n) is 7.17. The van der Waals surface area contributed by atoms with E-state index in [1.807, 2.05) is 11.8 Å². The zero-order chi connectivity index (χ0) is 13.1. The van der Waals surface area contributed by atoms with Crippen molar-refractivity contribution in [3.63, 3.8) is 0 Å². The predicted molar refractivity (Wildman–Crippen MR) is 84.8 cm³/mol. The lowest BCUT2D eigenvalue weighted by Crippen LogP contribution is -2.16. The van der Waals surface area contributed by atoms with Crippen molar-refractivity contribution in [1.82, 2.24) is 9.88 Å².